The molecule has 1 atom stereocenters. The van der Waals surface area contributed by atoms with Crippen LogP contribution < -0.4 is 15.3 Å². The molecule has 33 heavy (non-hydrogen) atoms. The number of halogens is 2. The maximum absolute atomic E-state index is 13.5. The van der Waals surface area contributed by atoms with E-state index in [2.05, 4.69) is 20.7 Å². The molecule has 0 fully saturated rings. The smallest absolute Gasteiger partial charge is 0.307 e. The quantitative estimate of drug-likeness (QED) is 0.361. The number of nitrogens with zero attached hydrogens (tertiary/aromatic N) is 3. The number of fused-ring (bicyclic) bond motifs is 1. The Bertz CT molecular complexity index is 1370. The minimum Gasteiger partial charge on any atom is -0.307 e. The molecule has 2 aromatic heterocycles. The van der Waals surface area contributed by atoms with Crippen LogP contribution in [0.3, 0.4) is 0 Å². The highest BCUT2D eigenvalue weighted by molar-refractivity contribution is 6.35. The molecule has 1 aliphatic rings. The zero-order valence-electron chi connectivity index (χ0n) is 17.5. The van der Waals surface area contributed by atoms with Crippen LogP contribution in [-0.4, -0.2) is 21.0 Å². The van der Waals surface area contributed by atoms with Crippen molar-refractivity contribution >= 4 is 40.9 Å². The molecule has 1 unspecified atom stereocenters. The summed E-state index contributed by atoms with van der Waals surface area (Å²) in [6.07, 6.45) is 1.62. The lowest BCUT2D eigenvalue weighted by molar-refractivity contribution is -0.746. The van der Waals surface area contributed by atoms with Crippen molar-refractivity contribution in [3.63, 3.8) is 0 Å². The average Bonchev–Trinajstić information content (AvgIpc) is 3.23. The molecule has 164 valence electrons. The predicted octanol–water partition coefficient (Wildman–Crippen LogP) is 4.99. The molecule has 1 aliphatic heterocycles. The molecular formula is C24H19Cl2N6O+. The summed E-state index contributed by atoms with van der Waals surface area (Å²) in [4.78, 5) is 22.4. The Morgan fingerprint density at radius 2 is 1.85 bits per heavy atom. The largest absolute Gasteiger partial charge is 0.417 e. The minimum absolute atomic E-state index is 0.302. The van der Waals surface area contributed by atoms with Crippen LogP contribution in [0.4, 0.5) is 11.8 Å². The van der Waals surface area contributed by atoms with E-state index < -0.39 is 6.04 Å². The highest BCUT2D eigenvalue weighted by Crippen LogP contribution is 2.35. The molecule has 3 N–H and O–H groups in total. The van der Waals surface area contributed by atoms with Gasteiger partial charge in [-0.25, -0.2) is 15.4 Å². The molecule has 0 spiro atoms. The number of allylic oxidation sites excluding steroid dienone is 1. The standard InChI is InChI=1S/C24H18Cl2N6O/c1-14-20(23(33)29-19-9-5-6-12-27-19)21(17-11-10-16(25)13-18(17)26)32-24(28-14)30-22(31-32)15-7-3-2-4-8-15/h2-13,21H,1H3,(H2,27,28,29,30,31,33)/p+1. The SMILES string of the molecule is CC1=C(C(=O)Nc2ccccn2)C(c2ccc(Cl)cc2Cl)[n+]2[nH]c(-c3ccccc3)nc2N1. The van der Waals surface area contributed by atoms with Gasteiger partial charge in [0, 0.05) is 27.4 Å². The van der Waals surface area contributed by atoms with E-state index in [0.29, 0.717) is 44.5 Å². The maximum atomic E-state index is 13.5. The van der Waals surface area contributed by atoms with Gasteiger partial charge < -0.3 is 5.32 Å². The number of pyridine rings is 1. The van der Waals surface area contributed by atoms with Crippen molar-refractivity contribution in [2.75, 3.05) is 10.6 Å². The molecule has 0 saturated heterocycles. The Hall–Kier alpha value is -3.68. The number of rotatable bonds is 4. The number of anilines is 2. The van der Waals surface area contributed by atoms with E-state index in [1.54, 1.807) is 35.1 Å². The molecule has 0 bridgehead atoms. The van der Waals surface area contributed by atoms with E-state index in [1.807, 2.05) is 49.4 Å². The third kappa shape index (κ3) is 4.08. The maximum Gasteiger partial charge on any atom is 0.417 e. The number of hydrogen-bond acceptors (Lipinski definition) is 4. The molecule has 0 saturated carbocycles. The second-order valence-electron chi connectivity index (χ2n) is 7.53. The van der Waals surface area contributed by atoms with E-state index in [4.69, 9.17) is 28.2 Å². The number of carbonyl (C=O) groups excluding carboxylic acids is 1. The van der Waals surface area contributed by atoms with Gasteiger partial charge in [0.25, 0.3) is 5.91 Å². The molecule has 1 amide bonds. The Morgan fingerprint density at radius 3 is 2.58 bits per heavy atom. The van der Waals surface area contributed by atoms with E-state index in [9.17, 15) is 4.79 Å². The fourth-order valence-corrected chi connectivity index (χ4v) is 4.37. The van der Waals surface area contributed by atoms with Gasteiger partial charge in [-0.05, 0) is 48.3 Å². The summed E-state index contributed by atoms with van der Waals surface area (Å²) in [5.74, 6) is 1.38. The van der Waals surface area contributed by atoms with Gasteiger partial charge in [-0.2, -0.15) is 0 Å². The second kappa shape index (κ2) is 8.69. The first-order valence-electron chi connectivity index (χ1n) is 10.2. The summed E-state index contributed by atoms with van der Waals surface area (Å²) in [6, 6.07) is 19.8. The fraction of sp³-hybridized carbons (Fsp3) is 0.0833. The monoisotopic (exact) mass is 477 g/mol. The third-order valence-corrected chi connectivity index (χ3v) is 5.93. The van der Waals surface area contributed by atoms with Crippen LogP contribution in [0, 0.1) is 0 Å². The van der Waals surface area contributed by atoms with Gasteiger partial charge in [0.2, 0.25) is 5.82 Å². The van der Waals surface area contributed by atoms with Crippen LogP contribution in [0.25, 0.3) is 11.4 Å². The van der Waals surface area contributed by atoms with Crippen molar-refractivity contribution in [3.05, 3.63) is 99.8 Å². The van der Waals surface area contributed by atoms with E-state index >= 15 is 0 Å². The number of nitrogens with one attached hydrogen (secondary N) is 3. The second-order valence-corrected chi connectivity index (χ2v) is 8.38. The van der Waals surface area contributed by atoms with Crippen molar-refractivity contribution in [2.45, 2.75) is 13.0 Å². The molecule has 0 radical (unpaired) electrons. The lowest BCUT2D eigenvalue weighted by Gasteiger charge is -2.24. The number of amides is 1. The molecule has 2 aromatic carbocycles. The lowest BCUT2D eigenvalue weighted by Crippen LogP contribution is -2.50. The van der Waals surface area contributed by atoms with Gasteiger partial charge in [-0.15, -0.1) is 4.68 Å². The molecule has 7 nitrogen and oxygen atoms in total. The van der Waals surface area contributed by atoms with Gasteiger partial charge in [-0.3, -0.25) is 4.79 Å². The zero-order valence-corrected chi connectivity index (χ0v) is 19.0. The first-order chi connectivity index (χ1) is 16.0. The van der Waals surface area contributed by atoms with Crippen molar-refractivity contribution in [1.29, 1.82) is 0 Å². The van der Waals surface area contributed by atoms with Crippen LogP contribution in [-0.2, 0) is 4.79 Å². The Morgan fingerprint density at radius 1 is 1.06 bits per heavy atom. The Balaban J connectivity index is 1.64. The van der Waals surface area contributed by atoms with Crippen molar-refractivity contribution in [1.82, 2.24) is 15.1 Å². The fourth-order valence-electron chi connectivity index (χ4n) is 3.85. The van der Waals surface area contributed by atoms with Crippen molar-refractivity contribution in [3.8, 4) is 11.4 Å². The number of benzene rings is 2. The molecule has 4 aromatic rings. The normalized spacial score (nSPS) is 15.1. The molecule has 9 heteroatoms. The third-order valence-electron chi connectivity index (χ3n) is 5.36. The lowest BCUT2D eigenvalue weighted by atomic mass is 9.95. The minimum atomic E-state index is -0.570. The van der Waals surface area contributed by atoms with E-state index in [-0.39, 0.29) is 5.91 Å². The molecule has 0 aliphatic carbocycles. The number of carbonyl (C=O) groups is 1. The highest BCUT2D eigenvalue weighted by atomic mass is 35.5. The predicted molar refractivity (Wildman–Crippen MR) is 128 cm³/mol. The van der Waals surface area contributed by atoms with Crippen LogP contribution in [0.1, 0.15) is 18.5 Å². The van der Waals surface area contributed by atoms with E-state index in [1.165, 1.54) is 0 Å². The van der Waals surface area contributed by atoms with Crippen LogP contribution >= 0.6 is 23.2 Å². The number of hydrogen-bond donors (Lipinski definition) is 3. The topological polar surface area (TPSA) is 86.6 Å². The first kappa shape index (κ1) is 21.2. The highest BCUT2D eigenvalue weighted by Gasteiger charge is 2.40. The van der Waals surface area contributed by atoms with Crippen molar-refractivity contribution in [2.24, 2.45) is 0 Å². The summed E-state index contributed by atoms with van der Waals surface area (Å²) < 4.78 is 1.80. The molecular weight excluding hydrogens is 459 g/mol. The number of H-pyrrole nitrogens is 1. The molecule has 3 heterocycles. The van der Waals surface area contributed by atoms with Gasteiger partial charge in [-0.1, -0.05) is 53.5 Å². The van der Waals surface area contributed by atoms with Gasteiger partial charge in [0.05, 0.1) is 11.3 Å². The summed E-state index contributed by atoms with van der Waals surface area (Å²) in [5.41, 5.74) is 2.76. The Kier molecular flexibility index (Phi) is 5.58. The first-order valence-corrected chi connectivity index (χ1v) is 11.0. The van der Waals surface area contributed by atoms with Gasteiger partial charge in [0.15, 0.2) is 6.04 Å². The average molecular weight is 478 g/mol. The summed E-state index contributed by atoms with van der Waals surface area (Å²) in [6.45, 7) is 1.84. The van der Waals surface area contributed by atoms with Gasteiger partial charge in [0.1, 0.15) is 5.82 Å². The van der Waals surface area contributed by atoms with Crippen molar-refractivity contribution < 1.29 is 9.48 Å². The summed E-state index contributed by atoms with van der Waals surface area (Å²) in [7, 11) is 0. The Labute approximate surface area is 200 Å². The number of aromatic nitrogens is 4. The molecule has 5 rings (SSSR count). The summed E-state index contributed by atoms with van der Waals surface area (Å²) >= 11 is 12.8. The van der Waals surface area contributed by atoms with Crippen LogP contribution in [0.5, 0.6) is 0 Å². The van der Waals surface area contributed by atoms with E-state index in [0.717, 1.165) is 5.56 Å². The van der Waals surface area contributed by atoms with Crippen LogP contribution in [0.15, 0.2) is 84.2 Å². The van der Waals surface area contributed by atoms with Gasteiger partial charge >= 0.3 is 5.95 Å². The zero-order chi connectivity index (χ0) is 22.9. The number of aromatic amines is 1. The van der Waals surface area contributed by atoms with Crippen LogP contribution in [0.2, 0.25) is 10.0 Å². The summed E-state index contributed by atoms with van der Waals surface area (Å²) in [5, 5.41) is 10.4.